The van der Waals surface area contributed by atoms with Crippen molar-refractivity contribution in [3.05, 3.63) is 23.8 Å². The highest BCUT2D eigenvalue weighted by atomic mass is 19.3. The third-order valence-corrected chi connectivity index (χ3v) is 1.94. The first kappa shape index (κ1) is 11.6. The Morgan fingerprint density at radius 2 is 1.94 bits per heavy atom. The van der Waals surface area contributed by atoms with E-state index >= 15 is 0 Å². The van der Waals surface area contributed by atoms with Gasteiger partial charge in [0.25, 0.3) is 0 Å². The summed E-state index contributed by atoms with van der Waals surface area (Å²) in [5, 5.41) is 0. The summed E-state index contributed by atoms with van der Waals surface area (Å²) in [5.74, 6) is -0.803. The van der Waals surface area contributed by atoms with Crippen molar-refractivity contribution < 1.29 is 31.8 Å². The third kappa shape index (κ3) is 2.00. The minimum absolute atomic E-state index is 0.544. The van der Waals surface area contributed by atoms with Crippen LogP contribution in [0.4, 0.5) is 23.2 Å². The molecule has 0 radical (unpaired) electrons. The van der Waals surface area contributed by atoms with Crippen LogP contribution in [0.25, 0.3) is 0 Å². The van der Waals surface area contributed by atoms with E-state index in [2.05, 4.69) is 14.5 Å². The number of alkyl halides is 4. The predicted molar refractivity (Wildman–Crippen MR) is 44.8 cm³/mol. The highest BCUT2D eigenvalue weighted by Crippen LogP contribution is 2.49. The zero-order chi connectivity index (χ0) is 12.7. The monoisotopic (exact) mass is 249 g/mol. The van der Waals surface area contributed by atoms with Crippen LogP contribution in [-0.4, -0.2) is 12.4 Å². The number of aliphatic imine (C=N–C) groups is 1. The Balaban J connectivity index is 2.65. The SMILES string of the molecule is O=C=Nc1cccc2c1C(F)(F)OC(F)(F)O2. The van der Waals surface area contributed by atoms with Gasteiger partial charge in [0.05, 0.1) is 5.69 Å². The average Bonchev–Trinajstić information content (AvgIpc) is 2.13. The van der Waals surface area contributed by atoms with E-state index in [0.717, 1.165) is 24.3 Å². The standard InChI is InChI=1S/C9H3F4NO3/c10-8(11)7-5(14-4-15)2-1-3-6(7)16-9(12,13)17-8/h1-3H. The van der Waals surface area contributed by atoms with Crippen molar-refractivity contribution in [1.82, 2.24) is 0 Å². The molecule has 4 nitrogen and oxygen atoms in total. The number of hydrogen-bond donors (Lipinski definition) is 0. The van der Waals surface area contributed by atoms with Crippen molar-refractivity contribution in [3.63, 3.8) is 0 Å². The van der Waals surface area contributed by atoms with Crippen LogP contribution in [0.5, 0.6) is 5.75 Å². The molecule has 0 spiro atoms. The van der Waals surface area contributed by atoms with Crippen molar-refractivity contribution in [2.75, 3.05) is 0 Å². The quantitative estimate of drug-likeness (QED) is 0.436. The summed E-state index contributed by atoms with van der Waals surface area (Å²) >= 11 is 0. The average molecular weight is 249 g/mol. The van der Waals surface area contributed by atoms with Crippen molar-refractivity contribution in [3.8, 4) is 5.75 Å². The van der Waals surface area contributed by atoms with Crippen molar-refractivity contribution in [2.45, 2.75) is 12.4 Å². The van der Waals surface area contributed by atoms with Crippen LogP contribution in [0.15, 0.2) is 23.2 Å². The number of ether oxygens (including phenoxy) is 2. The Morgan fingerprint density at radius 1 is 1.24 bits per heavy atom. The van der Waals surface area contributed by atoms with Crippen molar-refractivity contribution in [2.24, 2.45) is 4.99 Å². The molecule has 0 aliphatic carbocycles. The summed E-state index contributed by atoms with van der Waals surface area (Å²) in [7, 11) is 0. The van der Waals surface area contributed by atoms with Gasteiger partial charge in [0, 0.05) is 0 Å². The summed E-state index contributed by atoms with van der Waals surface area (Å²) in [6.45, 7) is 0. The van der Waals surface area contributed by atoms with Crippen LogP contribution in [0.2, 0.25) is 0 Å². The first-order valence-corrected chi connectivity index (χ1v) is 4.22. The fourth-order valence-electron chi connectivity index (χ4n) is 1.39. The van der Waals surface area contributed by atoms with E-state index in [-0.39, 0.29) is 0 Å². The molecule has 0 bridgehead atoms. The molecular formula is C9H3F4NO3. The van der Waals surface area contributed by atoms with Crippen molar-refractivity contribution >= 4 is 11.8 Å². The molecule has 1 aliphatic rings. The molecule has 0 unspecified atom stereocenters. The van der Waals surface area contributed by atoms with Crippen LogP contribution in [-0.2, 0) is 15.6 Å². The van der Waals surface area contributed by atoms with E-state index in [1.165, 1.54) is 0 Å². The first-order valence-electron chi connectivity index (χ1n) is 4.22. The van der Waals surface area contributed by atoms with E-state index in [9.17, 15) is 22.4 Å². The highest BCUT2D eigenvalue weighted by molar-refractivity contribution is 5.60. The Hall–Kier alpha value is -1.92. The van der Waals surface area contributed by atoms with Crippen LogP contribution >= 0.6 is 0 Å². The normalized spacial score (nSPS) is 19.8. The van der Waals surface area contributed by atoms with E-state index in [1.807, 2.05) is 0 Å². The summed E-state index contributed by atoms with van der Waals surface area (Å²) in [6.07, 6.45) is -7.72. The topological polar surface area (TPSA) is 47.9 Å². The summed E-state index contributed by atoms with van der Waals surface area (Å²) in [4.78, 5) is 13.0. The van der Waals surface area contributed by atoms with Gasteiger partial charge in [0.2, 0.25) is 6.08 Å². The second-order valence-electron chi connectivity index (χ2n) is 3.04. The molecule has 8 heteroatoms. The van der Waals surface area contributed by atoms with Gasteiger partial charge in [0.1, 0.15) is 11.3 Å². The minimum atomic E-state index is -4.44. The molecule has 0 amide bonds. The Bertz CT molecular complexity index is 511. The zero-order valence-electron chi connectivity index (χ0n) is 7.92. The molecule has 90 valence electrons. The zero-order valence-corrected chi connectivity index (χ0v) is 7.92. The number of nitrogens with zero attached hydrogens (tertiary/aromatic N) is 1. The number of hydrogen-bond acceptors (Lipinski definition) is 4. The van der Waals surface area contributed by atoms with E-state index in [4.69, 9.17) is 0 Å². The second-order valence-corrected chi connectivity index (χ2v) is 3.04. The maximum Gasteiger partial charge on any atom is 0.540 e. The molecule has 1 aromatic carbocycles. The molecule has 1 aliphatic heterocycles. The van der Waals surface area contributed by atoms with Gasteiger partial charge in [-0.1, -0.05) is 6.07 Å². The number of carbonyl (C=O) groups excluding carboxylic acids is 1. The fraction of sp³-hybridized carbons (Fsp3) is 0.222. The van der Waals surface area contributed by atoms with Crippen molar-refractivity contribution in [1.29, 1.82) is 0 Å². The molecule has 0 saturated carbocycles. The van der Waals surface area contributed by atoms with E-state index < -0.39 is 29.4 Å². The van der Waals surface area contributed by atoms with Gasteiger partial charge >= 0.3 is 12.4 Å². The Kier molecular flexibility index (Phi) is 2.41. The fourth-order valence-corrected chi connectivity index (χ4v) is 1.39. The van der Waals surface area contributed by atoms with Gasteiger partial charge in [-0.2, -0.15) is 13.8 Å². The highest BCUT2D eigenvalue weighted by Gasteiger charge is 2.55. The van der Waals surface area contributed by atoms with Crippen LogP contribution in [0.3, 0.4) is 0 Å². The summed E-state index contributed by atoms with van der Waals surface area (Å²) < 4.78 is 59.0. The Morgan fingerprint density at radius 3 is 2.59 bits per heavy atom. The summed E-state index contributed by atoms with van der Waals surface area (Å²) in [6, 6.07) is 3.05. The van der Waals surface area contributed by atoms with Gasteiger partial charge in [-0.15, -0.1) is 8.78 Å². The van der Waals surface area contributed by atoms with Gasteiger partial charge in [-0.3, -0.25) is 0 Å². The second kappa shape index (κ2) is 3.54. The van der Waals surface area contributed by atoms with Crippen LogP contribution in [0, 0.1) is 0 Å². The smallest absolute Gasteiger partial charge is 0.409 e. The maximum atomic E-state index is 13.3. The molecule has 0 aromatic heterocycles. The molecular weight excluding hydrogens is 246 g/mol. The summed E-state index contributed by atoms with van der Waals surface area (Å²) in [5.41, 5.74) is -1.58. The van der Waals surface area contributed by atoms with Gasteiger partial charge < -0.3 is 4.74 Å². The lowest BCUT2D eigenvalue weighted by molar-refractivity contribution is -0.461. The molecule has 2 rings (SSSR count). The minimum Gasteiger partial charge on any atom is -0.409 e. The molecule has 0 fully saturated rings. The number of isocyanates is 1. The lowest BCUT2D eigenvalue weighted by Gasteiger charge is -2.30. The van der Waals surface area contributed by atoms with Crippen LogP contribution < -0.4 is 4.74 Å². The maximum absolute atomic E-state index is 13.3. The number of halogens is 4. The molecule has 1 aromatic rings. The van der Waals surface area contributed by atoms with Crippen LogP contribution in [0.1, 0.15) is 5.56 Å². The number of fused-ring (bicyclic) bond motifs is 1. The first-order chi connectivity index (χ1) is 7.86. The van der Waals surface area contributed by atoms with E-state index in [1.54, 1.807) is 0 Å². The number of rotatable bonds is 1. The Labute approximate surface area is 91.5 Å². The third-order valence-electron chi connectivity index (χ3n) is 1.94. The van der Waals surface area contributed by atoms with Gasteiger partial charge in [-0.05, 0) is 12.1 Å². The lowest BCUT2D eigenvalue weighted by Crippen LogP contribution is -2.41. The van der Waals surface area contributed by atoms with E-state index in [0.29, 0.717) is 0 Å². The molecule has 0 N–H and O–H groups in total. The van der Waals surface area contributed by atoms with Gasteiger partial charge in [0.15, 0.2) is 0 Å². The number of benzene rings is 1. The largest absolute Gasteiger partial charge is 0.540 e. The predicted octanol–water partition coefficient (Wildman–Crippen LogP) is 2.66. The molecule has 0 saturated heterocycles. The molecule has 1 heterocycles. The lowest BCUT2D eigenvalue weighted by atomic mass is 10.1. The molecule has 17 heavy (non-hydrogen) atoms. The molecule has 0 atom stereocenters. The van der Waals surface area contributed by atoms with Gasteiger partial charge in [-0.25, -0.2) is 9.53 Å².